The van der Waals surface area contributed by atoms with Gasteiger partial charge in [-0.1, -0.05) is 20.8 Å². The van der Waals surface area contributed by atoms with Gasteiger partial charge in [-0.15, -0.1) is 0 Å². The van der Waals surface area contributed by atoms with Gasteiger partial charge in [0.05, 0.1) is 15.9 Å². The number of aryl methyl sites for hydroxylation is 2. The fourth-order valence-electron chi connectivity index (χ4n) is 3.44. The van der Waals surface area contributed by atoms with E-state index in [1.54, 1.807) is 0 Å². The molecule has 0 radical (unpaired) electrons. The molecule has 0 atom stereocenters. The summed E-state index contributed by atoms with van der Waals surface area (Å²) in [4.78, 5) is 0. The van der Waals surface area contributed by atoms with Crippen molar-refractivity contribution < 1.29 is 0 Å². The average Bonchev–Trinajstić information content (AvgIpc) is 2.55. The summed E-state index contributed by atoms with van der Waals surface area (Å²) in [7, 11) is 2.01. The zero-order valence-electron chi connectivity index (χ0n) is 13.5. The normalized spacial score (nSPS) is 27.9. The topological polar surface area (TPSA) is 43.8 Å². The van der Waals surface area contributed by atoms with Crippen LogP contribution in [-0.2, 0) is 13.5 Å². The van der Waals surface area contributed by atoms with E-state index >= 15 is 0 Å². The molecule has 0 bridgehead atoms. The highest BCUT2D eigenvalue weighted by Gasteiger charge is 2.37. The second-order valence-electron chi connectivity index (χ2n) is 7.65. The lowest BCUT2D eigenvalue weighted by Crippen LogP contribution is -2.47. The second-order valence-corrected chi connectivity index (χ2v) is 8.44. The molecule has 0 aromatic carbocycles. The molecule has 1 fully saturated rings. The third kappa shape index (κ3) is 3.28. The van der Waals surface area contributed by atoms with Crippen molar-refractivity contribution in [2.75, 3.05) is 0 Å². The molecule has 2 N–H and O–H groups in total. The van der Waals surface area contributed by atoms with Gasteiger partial charge in [0.2, 0.25) is 0 Å². The first kappa shape index (κ1) is 16.0. The molecule has 1 aliphatic rings. The summed E-state index contributed by atoms with van der Waals surface area (Å²) in [5.74, 6) is 0.802. The first-order valence-electron chi connectivity index (χ1n) is 7.59. The smallest absolute Gasteiger partial charge is 0.0738 e. The SMILES string of the molecule is Cc1nn(C)c(CC2(N)CCC(C(C)(C)C)CC2)c1Br. The van der Waals surface area contributed by atoms with Crippen molar-refractivity contribution >= 4 is 15.9 Å². The zero-order chi connectivity index (χ0) is 15.1. The van der Waals surface area contributed by atoms with E-state index < -0.39 is 0 Å². The van der Waals surface area contributed by atoms with Gasteiger partial charge in [-0.3, -0.25) is 4.68 Å². The van der Waals surface area contributed by atoms with Gasteiger partial charge in [0.15, 0.2) is 0 Å². The minimum Gasteiger partial charge on any atom is -0.325 e. The second kappa shape index (κ2) is 5.45. The van der Waals surface area contributed by atoms with Crippen LogP contribution in [0.1, 0.15) is 57.8 Å². The van der Waals surface area contributed by atoms with Crippen LogP contribution in [0.2, 0.25) is 0 Å². The molecule has 1 saturated carbocycles. The van der Waals surface area contributed by atoms with Crippen molar-refractivity contribution in [3.8, 4) is 0 Å². The highest BCUT2D eigenvalue weighted by molar-refractivity contribution is 9.10. The molecule has 0 aliphatic heterocycles. The highest BCUT2D eigenvalue weighted by atomic mass is 79.9. The Morgan fingerprint density at radius 3 is 2.30 bits per heavy atom. The molecular formula is C16H28BrN3. The summed E-state index contributed by atoms with van der Waals surface area (Å²) in [6, 6.07) is 0. The Hall–Kier alpha value is -0.350. The molecule has 0 spiro atoms. The molecule has 3 nitrogen and oxygen atoms in total. The van der Waals surface area contributed by atoms with Crippen LogP contribution < -0.4 is 5.73 Å². The predicted octanol–water partition coefficient (Wildman–Crippen LogP) is 3.97. The van der Waals surface area contributed by atoms with Gasteiger partial charge in [0.1, 0.15) is 0 Å². The van der Waals surface area contributed by atoms with Crippen molar-refractivity contribution in [3.63, 3.8) is 0 Å². The molecular weight excluding hydrogens is 314 g/mol. The first-order valence-corrected chi connectivity index (χ1v) is 8.38. The predicted molar refractivity (Wildman–Crippen MR) is 87.7 cm³/mol. The van der Waals surface area contributed by atoms with Crippen LogP contribution in [0.5, 0.6) is 0 Å². The summed E-state index contributed by atoms with van der Waals surface area (Å²) >= 11 is 3.66. The van der Waals surface area contributed by atoms with Crippen molar-refractivity contribution in [1.29, 1.82) is 0 Å². The lowest BCUT2D eigenvalue weighted by Gasteiger charge is -2.42. The monoisotopic (exact) mass is 341 g/mol. The molecule has 1 aromatic rings. The number of rotatable bonds is 2. The van der Waals surface area contributed by atoms with E-state index in [4.69, 9.17) is 5.73 Å². The quantitative estimate of drug-likeness (QED) is 0.884. The van der Waals surface area contributed by atoms with Gasteiger partial charge in [0, 0.05) is 19.0 Å². The van der Waals surface area contributed by atoms with Crippen LogP contribution in [0.4, 0.5) is 0 Å². The van der Waals surface area contributed by atoms with Gasteiger partial charge >= 0.3 is 0 Å². The van der Waals surface area contributed by atoms with E-state index in [0.717, 1.165) is 35.3 Å². The van der Waals surface area contributed by atoms with Crippen molar-refractivity contribution in [2.45, 2.75) is 65.3 Å². The number of nitrogens with two attached hydrogens (primary N) is 1. The van der Waals surface area contributed by atoms with Gasteiger partial charge in [0.25, 0.3) is 0 Å². The lowest BCUT2D eigenvalue weighted by molar-refractivity contribution is 0.133. The average molecular weight is 342 g/mol. The Morgan fingerprint density at radius 1 is 1.35 bits per heavy atom. The fourth-order valence-corrected chi connectivity index (χ4v) is 3.92. The van der Waals surface area contributed by atoms with Crippen LogP contribution in [0, 0.1) is 18.3 Å². The number of halogens is 1. The van der Waals surface area contributed by atoms with Crippen LogP contribution in [0.25, 0.3) is 0 Å². The Kier molecular flexibility index (Phi) is 4.37. The number of aromatic nitrogens is 2. The maximum absolute atomic E-state index is 6.68. The van der Waals surface area contributed by atoms with E-state index in [1.807, 2.05) is 18.7 Å². The Bertz CT molecular complexity index is 477. The molecule has 2 rings (SSSR count). The summed E-state index contributed by atoms with van der Waals surface area (Å²) in [6.45, 7) is 9.08. The zero-order valence-corrected chi connectivity index (χ0v) is 15.0. The van der Waals surface area contributed by atoms with Crippen LogP contribution in [0.15, 0.2) is 4.47 Å². The van der Waals surface area contributed by atoms with Gasteiger partial charge < -0.3 is 5.73 Å². The fraction of sp³-hybridized carbons (Fsp3) is 0.812. The van der Waals surface area contributed by atoms with E-state index in [-0.39, 0.29) is 5.54 Å². The summed E-state index contributed by atoms with van der Waals surface area (Å²) in [6.07, 6.45) is 5.64. The Balaban J connectivity index is 2.07. The lowest BCUT2D eigenvalue weighted by atomic mass is 9.66. The molecule has 0 saturated heterocycles. The molecule has 114 valence electrons. The van der Waals surface area contributed by atoms with Crippen LogP contribution >= 0.6 is 15.9 Å². The summed E-state index contributed by atoms with van der Waals surface area (Å²) in [5.41, 5.74) is 9.31. The van der Waals surface area contributed by atoms with E-state index in [2.05, 4.69) is 41.8 Å². The Labute approximate surface area is 131 Å². The first-order chi connectivity index (χ1) is 9.12. The minimum absolute atomic E-state index is 0.0650. The van der Waals surface area contributed by atoms with Crippen LogP contribution in [0.3, 0.4) is 0 Å². The summed E-state index contributed by atoms with van der Waals surface area (Å²) in [5, 5.41) is 4.48. The van der Waals surface area contributed by atoms with Gasteiger partial charge in [-0.05, 0) is 59.9 Å². The minimum atomic E-state index is -0.0650. The molecule has 20 heavy (non-hydrogen) atoms. The number of hydrogen-bond acceptors (Lipinski definition) is 2. The van der Waals surface area contributed by atoms with E-state index in [9.17, 15) is 0 Å². The van der Waals surface area contributed by atoms with Crippen molar-refractivity contribution in [2.24, 2.45) is 24.1 Å². The van der Waals surface area contributed by atoms with Crippen molar-refractivity contribution in [1.82, 2.24) is 9.78 Å². The molecule has 0 unspecified atom stereocenters. The van der Waals surface area contributed by atoms with E-state index in [0.29, 0.717) is 5.41 Å². The number of hydrogen-bond donors (Lipinski definition) is 1. The van der Waals surface area contributed by atoms with E-state index in [1.165, 1.54) is 18.5 Å². The molecule has 0 amide bonds. The van der Waals surface area contributed by atoms with Crippen molar-refractivity contribution in [3.05, 3.63) is 15.9 Å². The molecule has 4 heteroatoms. The largest absolute Gasteiger partial charge is 0.325 e. The maximum atomic E-state index is 6.68. The standard InChI is InChI=1S/C16H28BrN3/c1-11-14(17)13(20(5)19-11)10-16(18)8-6-12(7-9-16)15(2,3)4/h12H,6-10,18H2,1-5H3. The third-order valence-corrected chi connectivity index (χ3v) is 6.02. The van der Waals surface area contributed by atoms with Gasteiger partial charge in [-0.2, -0.15) is 5.10 Å². The highest BCUT2D eigenvalue weighted by Crippen LogP contribution is 2.42. The molecule has 1 aromatic heterocycles. The van der Waals surface area contributed by atoms with Crippen LogP contribution in [-0.4, -0.2) is 15.3 Å². The number of nitrogens with zero attached hydrogens (tertiary/aromatic N) is 2. The molecule has 1 aliphatic carbocycles. The maximum Gasteiger partial charge on any atom is 0.0738 e. The third-order valence-electron chi connectivity index (χ3n) is 4.99. The summed E-state index contributed by atoms with van der Waals surface area (Å²) < 4.78 is 3.10. The van der Waals surface area contributed by atoms with Gasteiger partial charge in [-0.25, -0.2) is 0 Å². The molecule has 1 heterocycles. The Morgan fingerprint density at radius 2 is 1.90 bits per heavy atom.